The molecule has 124 valence electrons. The number of aliphatic hydroxyl groups excluding tert-OH is 1. The van der Waals surface area contributed by atoms with Crippen LogP contribution in [0.15, 0.2) is 41.6 Å². The number of hydrogen-bond donors (Lipinski definition) is 2. The van der Waals surface area contributed by atoms with Crippen LogP contribution >= 0.6 is 35.8 Å². The molecule has 2 atom stereocenters. The first-order valence-corrected chi connectivity index (χ1v) is 8.90. The largest absolute Gasteiger partial charge is 0.388 e. The number of aliphatic hydroxyl groups is 1. The van der Waals surface area contributed by atoms with Gasteiger partial charge in [0.05, 0.1) is 18.2 Å². The van der Waals surface area contributed by atoms with Gasteiger partial charge >= 0.3 is 0 Å². The van der Waals surface area contributed by atoms with Crippen LogP contribution in [0.3, 0.4) is 0 Å². The van der Waals surface area contributed by atoms with Gasteiger partial charge in [-0.1, -0.05) is 40.5 Å². The molecule has 0 saturated heterocycles. The zero-order valence-corrected chi connectivity index (χ0v) is 15.1. The third-order valence-electron chi connectivity index (χ3n) is 4.55. The molecular weight excluding hydrogens is 365 g/mol. The minimum Gasteiger partial charge on any atom is -0.388 e. The van der Waals surface area contributed by atoms with Crippen LogP contribution in [0.25, 0.3) is 0 Å². The summed E-state index contributed by atoms with van der Waals surface area (Å²) in [5.74, 6) is 0. The molecule has 1 heterocycles. The molecule has 1 aliphatic carbocycles. The minimum atomic E-state index is -0.887. The van der Waals surface area contributed by atoms with Crippen LogP contribution in [0.2, 0.25) is 10.0 Å². The number of fused-ring (bicyclic) bond motifs is 1. The van der Waals surface area contributed by atoms with Crippen molar-refractivity contribution >= 4 is 41.5 Å². The number of nitrogens with zero attached hydrogens (tertiary/aromatic N) is 1. The van der Waals surface area contributed by atoms with E-state index in [0.29, 0.717) is 16.5 Å². The molecule has 4 rings (SSSR count). The monoisotopic (exact) mass is 379 g/mol. The first-order valence-electron chi connectivity index (χ1n) is 7.70. The third kappa shape index (κ3) is 2.82. The van der Waals surface area contributed by atoms with Crippen molar-refractivity contribution in [2.24, 2.45) is 5.16 Å². The van der Waals surface area contributed by atoms with E-state index in [0.717, 1.165) is 35.2 Å². The molecule has 2 aliphatic rings. The highest BCUT2D eigenvalue weighted by Gasteiger charge is 2.38. The van der Waals surface area contributed by atoms with Gasteiger partial charge in [0.2, 0.25) is 4.93 Å². The van der Waals surface area contributed by atoms with Gasteiger partial charge < -0.3 is 9.94 Å². The van der Waals surface area contributed by atoms with Gasteiger partial charge in [0.15, 0.2) is 0 Å². The Hall–Kier alpha value is -1.20. The molecule has 0 saturated carbocycles. The maximum atomic E-state index is 9.93. The fourth-order valence-corrected chi connectivity index (χ4v) is 4.13. The molecule has 0 spiro atoms. The average molecular weight is 380 g/mol. The number of benzene rings is 2. The predicted octanol–water partition coefficient (Wildman–Crippen LogP) is 4.88. The van der Waals surface area contributed by atoms with E-state index in [4.69, 9.17) is 28.0 Å². The van der Waals surface area contributed by atoms with Crippen molar-refractivity contribution in [2.75, 3.05) is 0 Å². The first kappa shape index (κ1) is 16.3. The van der Waals surface area contributed by atoms with Gasteiger partial charge in [0.25, 0.3) is 0 Å². The van der Waals surface area contributed by atoms with Crippen LogP contribution in [-0.2, 0) is 16.2 Å². The summed E-state index contributed by atoms with van der Waals surface area (Å²) in [4.78, 5) is 4.74. The fourth-order valence-electron chi connectivity index (χ4n) is 3.29. The summed E-state index contributed by atoms with van der Waals surface area (Å²) in [5, 5.41) is 15.2. The highest BCUT2D eigenvalue weighted by atomic mass is 35.5. The van der Waals surface area contributed by atoms with Crippen LogP contribution in [-0.4, -0.2) is 10.8 Å². The number of oxime groups is 1. The number of hydrogen-bond acceptors (Lipinski definition) is 4. The Labute approximate surface area is 155 Å². The van der Waals surface area contributed by atoms with Gasteiger partial charge in [0.1, 0.15) is 0 Å². The van der Waals surface area contributed by atoms with Crippen LogP contribution in [0.4, 0.5) is 0 Å². The van der Waals surface area contributed by atoms with Crippen molar-refractivity contribution in [3.63, 3.8) is 0 Å². The van der Waals surface area contributed by atoms with Crippen molar-refractivity contribution in [1.29, 1.82) is 0 Å². The van der Waals surface area contributed by atoms with Crippen molar-refractivity contribution in [2.45, 2.75) is 30.3 Å². The molecule has 0 amide bonds. The van der Waals surface area contributed by atoms with Gasteiger partial charge in [0, 0.05) is 15.6 Å². The Morgan fingerprint density at radius 1 is 1.17 bits per heavy atom. The summed E-state index contributed by atoms with van der Waals surface area (Å²) in [6, 6.07) is 11.3. The molecule has 0 bridgehead atoms. The minimum absolute atomic E-state index is 0.353. The van der Waals surface area contributed by atoms with E-state index in [1.165, 1.54) is 5.56 Å². The summed E-state index contributed by atoms with van der Waals surface area (Å²) in [6.07, 6.45) is 1.82. The molecule has 3 nitrogen and oxygen atoms in total. The lowest BCUT2D eigenvalue weighted by atomic mass is 9.97. The molecule has 2 aromatic carbocycles. The summed E-state index contributed by atoms with van der Waals surface area (Å²) in [6.45, 7) is 0. The number of thiol groups is 1. The van der Waals surface area contributed by atoms with Gasteiger partial charge in [-0.15, -0.1) is 12.6 Å². The van der Waals surface area contributed by atoms with E-state index in [-0.39, 0.29) is 6.10 Å². The van der Waals surface area contributed by atoms with Crippen molar-refractivity contribution in [3.05, 3.63) is 68.7 Å². The van der Waals surface area contributed by atoms with E-state index in [2.05, 4.69) is 23.9 Å². The Bertz CT molecular complexity index is 835. The molecule has 6 heteroatoms. The Balaban J connectivity index is 1.62. The van der Waals surface area contributed by atoms with Crippen LogP contribution < -0.4 is 0 Å². The molecule has 1 aliphatic heterocycles. The zero-order chi connectivity index (χ0) is 16.9. The molecule has 0 fully saturated rings. The Morgan fingerprint density at radius 3 is 2.67 bits per heavy atom. The van der Waals surface area contributed by atoms with Crippen molar-refractivity contribution < 1.29 is 9.94 Å². The van der Waals surface area contributed by atoms with Gasteiger partial charge in [-0.25, -0.2) is 0 Å². The SMILES string of the molecule is OC1CCc2cc(C3=NOC(S)(c4cc(Cl)cc(Cl)c4)C3)ccc21. The smallest absolute Gasteiger partial charge is 0.211 e. The zero-order valence-electron chi connectivity index (χ0n) is 12.7. The Morgan fingerprint density at radius 2 is 1.92 bits per heavy atom. The lowest BCUT2D eigenvalue weighted by Crippen LogP contribution is -2.19. The maximum Gasteiger partial charge on any atom is 0.211 e. The van der Waals surface area contributed by atoms with E-state index >= 15 is 0 Å². The molecule has 0 aromatic heterocycles. The van der Waals surface area contributed by atoms with Gasteiger partial charge in [-0.3, -0.25) is 0 Å². The van der Waals surface area contributed by atoms with Crippen molar-refractivity contribution in [3.8, 4) is 0 Å². The number of halogens is 2. The number of rotatable bonds is 2. The first-order chi connectivity index (χ1) is 11.4. The quantitative estimate of drug-likeness (QED) is 0.730. The third-order valence-corrected chi connectivity index (χ3v) is 5.48. The molecule has 1 N–H and O–H groups in total. The standard InChI is InChI=1S/C18H15Cl2NO2S/c19-13-6-12(7-14(20)8-13)18(24)9-16(21-23-18)11-1-3-15-10(5-11)2-4-17(15)22/h1,3,5-8,17,22,24H,2,4,9H2. The van der Waals surface area contributed by atoms with E-state index in [1.54, 1.807) is 18.2 Å². The highest BCUT2D eigenvalue weighted by Crippen LogP contribution is 2.42. The van der Waals surface area contributed by atoms with Crippen molar-refractivity contribution in [1.82, 2.24) is 0 Å². The van der Waals surface area contributed by atoms with E-state index < -0.39 is 4.93 Å². The molecular formula is C18H15Cl2NO2S. The lowest BCUT2D eigenvalue weighted by Gasteiger charge is -2.21. The summed E-state index contributed by atoms with van der Waals surface area (Å²) in [7, 11) is 0. The molecule has 2 unspecified atom stereocenters. The van der Waals surface area contributed by atoms with Crippen LogP contribution in [0.1, 0.15) is 41.2 Å². The molecule has 24 heavy (non-hydrogen) atoms. The lowest BCUT2D eigenvalue weighted by molar-refractivity contribution is 0.0566. The average Bonchev–Trinajstić information content (AvgIpc) is 3.11. The Kier molecular flexibility index (Phi) is 4.04. The molecule has 2 aromatic rings. The second kappa shape index (κ2) is 5.95. The van der Waals surface area contributed by atoms with E-state index in [9.17, 15) is 5.11 Å². The van der Waals surface area contributed by atoms with Gasteiger partial charge in [-0.05, 0) is 53.8 Å². The van der Waals surface area contributed by atoms with Crippen LogP contribution in [0, 0.1) is 0 Å². The second-order valence-electron chi connectivity index (χ2n) is 6.22. The summed E-state index contributed by atoms with van der Waals surface area (Å²) < 4.78 is 0. The van der Waals surface area contributed by atoms with Crippen LogP contribution in [0.5, 0.6) is 0 Å². The topological polar surface area (TPSA) is 41.8 Å². The fraction of sp³-hybridized carbons (Fsp3) is 0.278. The summed E-state index contributed by atoms with van der Waals surface area (Å²) in [5.41, 5.74) is 4.78. The number of aryl methyl sites for hydroxylation is 1. The summed E-state index contributed by atoms with van der Waals surface area (Å²) >= 11 is 16.8. The molecule has 0 radical (unpaired) electrons. The maximum absolute atomic E-state index is 9.93. The van der Waals surface area contributed by atoms with Gasteiger partial charge in [-0.2, -0.15) is 0 Å². The second-order valence-corrected chi connectivity index (χ2v) is 7.81. The highest BCUT2D eigenvalue weighted by molar-refractivity contribution is 7.81. The normalized spacial score (nSPS) is 25.3. The predicted molar refractivity (Wildman–Crippen MR) is 99.1 cm³/mol. The van der Waals surface area contributed by atoms with E-state index in [1.807, 2.05) is 12.1 Å².